The lowest BCUT2D eigenvalue weighted by atomic mass is 10.3. The zero-order valence-electron chi connectivity index (χ0n) is 9.08. The fourth-order valence-electron chi connectivity index (χ4n) is 1.27. The number of thiazole rings is 1. The van der Waals surface area contributed by atoms with Crippen molar-refractivity contribution in [3.05, 3.63) is 38.7 Å². The van der Waals surface area contributed by atoms with Gasteiger partial charge in [-0.3, -0.25) is 0 Å². The Balaban J connectivity index is 2.32. The van der Waals surface area contributed by atoms with E-state index in [0.717, 1.165) is 8.47 Å². The van der Waals surface area contributed by atoms with Crippen molar-refractivity contribution in [3.8, 4) is 5.13 Å². The van der Waals surface area contributed by atoms with Crippen LogP contribution in [0.15, 0.2) is 33.0 Å². The van der Waals surface area contributed by atoms with E-state index in [9.17, 15) is 9.18 Å². The molecule has 2 N–H and O–H groups in total. The average Bonchev–Trinajstić information content (AvgIpc) is 2.93. The first-order valence-corrected chi connectivity index (χ1v) is 6.51. The molecule has 0 aliphatic rings. The number of hydrogen-bond acceptors (Lipinski definition) is 5. The summed E-state index contributed by atoms with van der Waals surface area (Å²) >= 11 is 4.56. The third kappa shape index (κ3) is 2.57. The maximum Gasteiger partial charge on any atom is 0.352 e. The highest BCUT2D eigenvalue weighted by Gasteiger charge is 2.10. The minimum Gasteiger partial charge on any atom is -0.327 e. The molecule has 0 radical (unpaired) electrons. The average molecular weight is 334 g/mol. The second kappa shape index (κ2) is 5.55. The minimum absolute atomic E-state index is 0.0331. The van der Waals surface area contributed by atoms with Crippen molar-refractivity contribution < 1.29 is 4.39 Å². The summed E-state index contributed by atoms with van der Waals surface area (Å²) in [6, 6.07) is 0. The van der Waals surface area contributed by atoms with Gasteiger partial charge in [0.25, 0.3) is 0 Å². The fourth-order valence-corrected chi connectivity index (χ4v) is 2.42. The van der Waals surface area contributed by atoms with Crippen molar-refractivity contribution in [1.29, 1.82) is 0 Å². The number of aromatic nitrogens is 4. The van der Waals surface area contributed by atoms with Crippen LogP contribution >= 0.6 is 27.3 Å². The number of nitrogens with two attached hydrogens (primary N) is 1. The number of rotatable bonds is 4. The van der Waals surface area contributed by atoms with Crippen molar-refractivity contribution in [3.63, 3.8) is 0 Å². The van der Waals surface area contributed by atoms with Crippen LogP contribution in [0.4, 0.5) is 4.39 Å². The van der Waals surface area contributed by atoms with Gasteiger partial charge in [0.1, 0.15) is 6.33 Å². The van der Waals surface area contributed by atoms with Crippen LogP contribution < -0.4 is 11.4 Å². The van der Waals surface area contributed by atoms with Crippen molar-refractivity contribution in [2.75, 3.05) is 6.54 Å². The zero-order valence-corrected chi connectivity index (χ0v) is 11.5. The monoisotopic (exact) mass is 333 g/mol. The standard InChI is InChI=1S/C9H9BrFN5OS/c10-7-3-13-8(18-7)15-5-14-16(9(15)17)4-6(1-11)2-12/h1,3,5H,2,4,12H2/b6-1-. The molecule has 0 aliphatic carbocycles. The Hall–Kier alpha value is -1.32. The molecule has 0 fully saturated rings. The summed E-state index contributed by atoms with van der Waals surface area (Å²) in [5.41, 5.74) is 5.24. The molecule has 0 saturated heterocycles. The highest BCUT2D eigenvalue weighted by atomic mass is 79.9. The largest absolute Gasteiger partial charge is 0.352 e. The van der Waals surface area contributed by atoms with Crippen LogP contribution in [-0.4, -0.2) is 25.9 Å². The van der Waals surface area contributed by atoms with Gasteiger partial charge in [-0.25, -0.2) is 23.4 Å². The molecule has 0 aliphatic heterocycles. The highest BCUT2D eigenvalue weighted by Crippen LogP contribution is 2.20. The predicted molar refractivity (Wildman–Crippen MR) is 69.4 cm³/mol. The maximum absolute atomic E-state index is 12.4. The Kier molecular flexibility index (Phi) is 4.04. The number of hydrogen-bond donors (Lipinski definition) is 1. The summed E-state index contributed by atoms with van der Waals surface area (Å²) in [5, 5.41) is 4.39. The number of halogens is 2. The van der Waals surface area contributed by atoms with E-state index < -0.39 is 0 Å². The molecule has 18 heavy (non-hydrogen) atoms. The lowest BCUT2D eigenvalue weighted by molar-refractivity contribution is 0.612. The van der Waals surface area contributed by atoms with Crippen molar-refractivity contribution in [2.24, 2.45) is 5.73 Å². The molecule has 2 aromatic rings. The summed E-state index contributed by atoms with van der Waals surface area (Å²) in [6.07, 6.45) is 3.34. The van der Waals surface area contributed by atoms with Crippen molar-refractivity contribution in [1.82, 2.24) is 19.3 Å². The van der Waals surface area contributed by atoms with Crippen LogP contribution in [0.1, 0.15) is 0 Å². The lowest BCUT2D eigenvalue weighted by Crippen LogP contribution is -2.25. The Morgan fingerprint density at radius 2 is 2.44 bits per heavy atom. The smallest absolute Gasteiger partial charge is 0.327 e. The van der Waals surface area contributed by atoms with E-state index in [4.69, 9.17) is 5.73 Å². The van der Waals surface area contributed by atoms with Gasteiger partial charge in [-0.1, -0.05) is 11.3 Å². The van der Waals surface area contributed by atoms with Gasteiger partial charge < -0.3 is 5.73 Å². The number of nitrogens with zero attached hydrogens (tertiary/aromatic N) is 4. The van der Waals surface area contributed by atoms with Crippen LogP contribution in [0, 0.1) is 0 Å². The third-order valence-electron chi connectivity index (χ3n) is 2.17. The van der Waals surface area contributed by atoms with E-state index >= 15 is 0 Å². The molecule has 0 aromatic carbocycles. The van der Waals surface area contributed by atoms with Gasteiger partial charge in [0.2, 0.25) is 0 Å². The summed E-state index contributed by atoms with van der Waals surface area (Å²) < 4.78 is 15.6. The first kappa shape index (κ1) is 13.1. The lowest BCUT2D eigenvalue weighted by Gasteiger charge is -2.00. The summed E-state index contributed by atoms with van der Waals surface area (Å²) in [4.78, 5) is 16.0. The first-order valence-electron chi connectivity index (χ1n) is 4.90. The normalized spacial score (nSPS) is 12.1. The molecule has 0 amide bonds. The SMILES string of the molecule is NC/C(=C/F)Cn1ncn(-c2ncc(Br)s2)c1=O. The molecular formula is C9H9BrFN5OS. The van der Waals surface area contributed by atoms with Gasteiger partial charge in [-0.2, -0.15) is 5.10 Å². The fraction of sp³-hybridized carbons (Fsp3) is 0.222. The van der Waals surface area contributed by atoms with Crippen molar-refractivity contribution >= 4 is 27.3 Å². The van der Waals surface area contributed by atoms with Gasteiger partial charge in [0.15, 0.2) is 5.13 Å². The minimum atomic E-state index is -0.385. The van der Waals surface area contributed by atoms with Crippen LogP contribution in [0.25, 0.3) is 5.13 Å². The van der Waals surface area contributed by atoms with Crippen LogP contribution in [0.2, 0.25) is 0 Å². The van der Waals surface area contributed by atoms with Crippen LogP contribution in [0.3, 0.4) is 0 Å². The second-order valence-corrected chi connectivity index (χ2v) is 5.75. The van der Waals surface area contributed by atoms with Crippen LogP contribution in [0.5, 0.6) is 0 Å². The molecule has 6 nitrogen and oxygen atoms in total. The Labute approximate surface area is 114 Å². The second-order valence-electron chi connectivity index (χ2n) is 3.36. The van der Waals surface area contributed by atoms with E-state index in [2.05, 4.69) is 26.0 Å². The molecule has 0 spiro atoms. The summed E-state index contributed by atoms with van der Waals surface area (Å²) in [6.45, 7) is 0.0734. The molecule has 0 atom stereocenters. The zero-order chi connectivity index (χ0) is 13.1. The Bertz CT molecular complexity index is 631. The topological polar surface area (TPSA) is 78.7 Å². The third-order valence-corrected chi connectivity index (χ3v) is 3.65. The van der Waals surface area contributed by atoms with Crippen LogP contribution in [-0.2, 0) is 6.54 Å². The molecule has 9 heteroatoms. The van der Waals surface area contributed by atoms with Gasteiger partial charge in [0, 0.05) is 6.54 Å². The molecule has 96 valence electrons. The van der Waals surface area contributed by atoms with E-state index in [-0.39, 0.29) is 18.8 Å². The molecule has 0 saturated carbocycles. The van der Waals surface area contributed by atoms with E-state index in [1.165, 1.54) is 22.2 Å². The predicted octanol–water partition coefficient (Wildman–Crippen LogP) is 1.07. The molecule has 2 aromatic heterocycles. The van der Waals surface area contributed by atoms with Gasteiger partial charge >= 0.3 is 5.69 Å². The summed E-state index contributed by atoms with van der Waals surface area (Å²) in [5.74, 6) is 0. The van der Waals surface area contributed by atoms with E-state index in [0.29, 0.717) is 17.0 Å². The quantitative estimate of drug-likeness (QED) is 0.907. The van der Waals surface area contributed by atoms with Gasteiger partial charge in [0.05, 0.1) is 22.9 Å². The van der Waals surface area contributed by atoms with Gasteiger partial charge in [-0.15, -0.1) is 0 Å². The highest BCUT2D eigenvalue weighted by molar-refractivity contribution is 9.11. The van der Waals surface area contributed by atoms with E-state index in [1.54, 1.807) is 6.20 Å². The van der Waals surface area contributed by atoms with Gasteiger partial charge in [-0.05, 0) is 21.5 Å². The first-order chi connectivity index (χ1) is 8.65. The summed E-state index contributed by atoms with van der Waals surface area (Å²) in [7, 11) is 0. The molecule has 2 heterocycles. The molecule has 2 rings (SSSR count). The van der Waals surface area contributed by atoms with E-state index in [1.807, 2.05) is 0 Å². The molecule has 0 bridgehead atoms. The molecule has 0 unspecified atom stereocenters. The Morgan fingerprint density at radius 3 is 3.00 bits per heavy atom. The maximum atomic E-state index is 12.4. The molecular weight excluding hydrogens is 325 g/mol. The van der Waals surface area contributed by atoms with Crippen molar-refractivity contribution in [2.45, 2.75) is 6.54 Å². The Morgan fingerprint density at radius 1 is 1.67 bits per heavy atom.